The van der Waals surface area contributed by atoms with Gasteiger partial charge in [0.1, 0.15) is 0 Å². The Kier molecular flexibility index (Phi) is 10.2. The molecule has 0 aliphatic heterocycles. The van der Waals surface area contributed by atoms with E-state index in [9.17, 15) is 13.2 Å². The fourth-order valence-corrected chi connectivity index (χ4v) is 1.46. The molecule has 0 unspecified atom stereocenters. The molecule has 0 spiro atoms. The lowest BCUT2D eigenvalue weighted by Gasteiger charge is -2.17. The molecule has 0 aromatic rings. The zero-order chi connectivity index (χ0) is 15.4. The molecular weight excluding hydrogens is 273 g/mol. The normalized spacial score (nSPS) is 12.8. The summed E-state index contributed by atoms with van der Waals surface area (Å²) in [5.74, 6) is 0.397. The van der Waals surface area contributed by atoms with Crippen LogP contribution in [0.15, 0.2) is 4.99 Å². The first-order valence-electron chi connectivity index (χ1n) is 6.58. The summed E-state index contributed by atoms with van der Waals surface area (Å²) < 4.78 is 40.9. The number of guanidine groups is 1. The fraction of sp³-hybridized carbons (Fsp3) is 0.917. The average Bonchev–Trinajstić information content (AvgIpc) is 2.37. The number of nitrogens with zero attached hydrogens (tertiary/aromatic N) is 2. The number of halogens is 3. The van der Waals surface area contributed by atoms with Gasteiger partial charge in [0.05, 0.1) is 13.0 Å². The number of nitrogens with one attached hydrogen (secondary N) is 2. The van der Waals surface area contributed by atoms with Crippen LogP contribution in [0.2, 0.25) is 0 Å². The van der Waals surface area contributed by atoms with Gasteiger partial charge in [-0.2, -0.15) is 13.2 Å². The molecule has 120 valence electrons. The number of hydrogen-bond donors (Lipinski definition) is 2. The van der Waals surface area contributed by atoms with E-state index in [1.807, 2.05) is 7.05 Å². The fourth-order valence-electron chi connectivity index (χ4n) is 1.46. The van der Waals surface area contributed by atoms with Gasteiger partial charge in [0, 0.05) is 33.8 Å². The van der Waals surface area contributed by atoms with Gasteiger partial charge in [0.15, 0.2) is 5.96 Å². The summed E-state index contributed by atoms with van der Waals surface area (Å²) in [6.45, 7) is 2.91. The van der Waals surface area contributed by atoms with E-state index in [-0.39, 0.29) is 6.54 Å². The molecule has 20 heavy (non-hydrogen) atoms. The molecule has 5 nitrogen and oxygen atoms in total. The molecule has 0 bridgehead atoms. The Bertz CT molecular complexity index is 272. The van der Waals surface area contributed by atoms with Gasteiger partial charge in [-0.05, 0) is 20.0 Å². The SMILES string of the molecule is CN=C(NCCCN(C)CCOC)NCCC(F)(F)F. The lowest BCUT2D eigenvalue weighted by molar-refractivity contribution is -0.132. The maximum absolute atomic E-state index is 12.0. The summed E-state index contributed by atoms with van der Waals surface area (Å²) in [6.07, 6.45) is -4.14. The molecule has 0 saturated heterocycles. The summed E-state index contributed by atoms with van der Waals surface area (Å²) in [5.41, 5.74) is 0. The minimum atomic E-state index is -4.14. The number of hydrogen-bond acceptors (Lipinski definition) is 3. The molecule has 2 N–H and O–H groups in total. The summed E-state index contributed by atoms with van der Waals surface area (Å²) >= 11 is 0. The molecule has 0 rings (SSSR count). The van der Waals surface area contributed by atoms with Crippen molar-refractivity contribution in [2.75, 3.05) is 54.0 Å². The summed E-state index contributed by atoms with van der Waals surface area (Å²) in [7, 11) is 5.19. The van der Waals surface area contributed by atoms with Gasteiger partial charge < -0.3 is 20.3 Å². The summed E-state index contributed by atoms with van der Waals surface area (Å²) in [5, 5.41) is 5.61. The molecule has 0 aliphatic rings. The Morgan fingerprint density at radius 3 is 2.40 bits per heavy atom. The molecule has 0 atom stereocenters. The van der Waals surface area contributed by atoms with Crippen molar-refractivity contribution in [3.63, 3.8) is 0 Å². The van der Waals surface area contributed by atoms with E-state index >= 15 is 0 Å². The van der Waals surface area contributed by atoms with Crippen LogP contribution in [0.5, 0.6) is 0 Å². The molecule has 0 fully saturated rings. The predicted molar refractivity (Wildman–Crippen MR) is 74.0 cm³/mol. The quantitative estimate of drug-likeness (QED) is 0.380. The van der Waals surface area contributed by atoms with Crippen molar-refractivity contribution in [2.45, 2.75) is 19.0 Å². The second kappa shape index (κ2) is 10.7. The van der Waals surface area contributed by atoms with Crippen LogP contribution in [0, 0.1) is 0 Å². The highest BCUT2D eigenvalue weighted by Gasteiger charge is 2.26. The topological polar surface area (TPSA) is 48.9 Å². The van der Waals surface area contributed by atoms with E-state index in [2.05, 4.69) is 20.5 Å². The largest absolute Gasteiger partial charge is 0.390 e. The van der Waals surface area contributed by atoms with Gasteiger partial charge in [-0.3, -0.25) is 4.99 Å². The van der Waals surface area contributed by atoms with Crippen LogP contribution in [0.4, 0.5) is 13.2 Å². The Morgan fingerprint density at radius 2 is 1.85 bits per heavy atom. The van der Waals surface area contributed by atoms with Crippen molar-refractivity contribution < 1.29 is 17.9 Å². The van der Waals surface area contributed by atoms with Crippen molar-refractivity contribution >= 4 is 5.96 Å². The van der Waals surface area contributed by atoms with E-state index < -0.39 is 12.6 Å². The van der Waals surface area contributed by atoms with Crippen LogP contribution in [0.1, 0.15) is 12.8 Å². The number of methoxy groups -OCH3 is 1. The lowest BCUT2D eigenvalue weighted by Crippen LogP contribution is -2.40. The van der Waals surface area contributed by atoms with Gasteiger partial charge in [-0.1, -0.05) is 0 Å². The highest BCUT2D eigenvalue weighted by Crippen LogP contribution is 2.17. The van der Waals surface area contributed by atoms with Gasteiger partial charge >= 0.3 is 6.18 Å². The van der Waals surface area contributed by atoms with Crippen LogP contribution < -0.4 is 10.6 Å². The van der Waals surface area contributed by atoms with Gasteiger partial charge in [0.25, 0.3) is 0 Å². The van der Waals surface area contributed by atoms with Crippen molar-refractivity contribution in [1.82, 2.24) is 15.5 Å². The molecule has 0 heterocycles. The third-order valence-corrected chi connectivity index (χ3v) is 2.61. The lowest BCUT2D eigenvalue weighted by atomic mass is 10.4. The first-order chi connectivity index (χ1) is 9.39. The third-order valence-electron chi connectivity index (χ3n) is 2.61. The van der Waals surface area contributed by atoms with Gasteiger partial charge in [-0.15, -0.1) is 0 Å². The standard InChI is InChI=1S/C12H25F3N4O/c1-16-11(18-7-5-12(13,14)15)17-6-4-8-19(2)9-10-20-3/h4-10H2,1-3H3,(H2,16,17,18). The number of rotatable bonds is 9. The summed E-state index contributed by atoms with van der Waals surface area (Å²) in [6, 6.07) is 0. The maximum atomic E-state index is 12.0. The summed E-state index contributed by atoms with van der Waals surface area (Å²) in [4.78, 5) is 6.00. The van der Waals surface area contributed by atoms with Crippen LogP contribution in [-0.2, 0) is 4.74 Å². The molecule has 0 aromatic heterocycles. The van der Waals surface area contributed by atoms with E-state index in [0.717, 1.165) is 19.5 Å². The molecule has 0 saturated carbocycles. The second-order valence-corrected chi connectivity index (χ2v) is 4.44. The number of ether oxygens (including phenoxy) is 1. The van der Waals surface area contributed by atoms with E-state index in [1.165, 1.54) is 7.05 Å². The maximum Gasteiger partial charge on any atom is 0.390 e. The Balaban J connectivity index is 3.65. The van der Waals surface area contributed by atoms with Gasteiger partial charge in [-0.25, -0.2) is 0 Å². The van der Waals surface area contributed by atoms with Crippen molar-refractivity contribution in [3.05, 3.63) is 0 Å². The van der Waals surface area contributed by atoms with Gasteiger partial charge in [0.2, 0.25) is 0 Å². The van der Waals surface area contributed by atoms with Crippen molar-refractivity contribution in [2.24, 2.45) is 4.99 Å². The van der Waals surface area contributed by atoms with Crippen LogP contribution in [0.3, 0.4) is 0 Å². The Hall–Kier alpha value is -1.02. The molecule has 0 radical (unpaired) electrons. The van der Waals surface area contributed by atoms with Crippen LogP contribution >= 0.6 is 0 Å². The molecule has 0 amide bonds. The zero-order valence-corrected chi connectivity index (χ0v) is 12.4. The number of aliphatic imine (C=N–C) groups is 1. The van der Waals surface area contributed by atoms with E-state index in [1.54, 1.807) is 7.11 Å². The number of alkyl halides is 3. The molecular formula is C12H25F3N4O. The number of likely N-dealkylation sites (N-methyl/N-ethyl adjacent to an activating group) is 1. The molecule has 0 aliphatic carbocycles. The van der Waals surface area contributed by atoms with E-state index in [4.69, 9.17) is 4.74 Å². The first-order valence-corrected chi connectivity index (χ1v) is 6.58. The average molecular weight is 298 g/mol. The smallest absolute Gasteiger partial charge is 0.383 e. The minimum absolute atomic E-state index is 0.170. The Labute approximate surface area is 118 Å². The minimum Gasteiger partial charge on any atom is -0.383 e. The molecule has 0 aromatic carbocycles. The third kappa shape index (κ3) is 12.0. The Morgan fingerprint density at radius 1 is 1.20 bits per heavy atom. The molecule has 8 heteroatoms. The monoisotopic (exact) mass is 298 g/mol. The van der Waals surface area contributed by atoms with Crippen molar-refractivity contribution in [1.29, 1.82) is 0 Å². The van der Waals surface area contributed by atoms with Crippen molar-refractivity contribution in [3.8, 4) is 0 Å². The predicted octanol–water partition coefficient (Wildman–Crippen LogP) is 1.07. The van der Waals surface area contributed by atoms with Crippen LogP contribution in [-0.4, -0.2) is 71.0 Å². The zero-order valence-electron chi connectivity index (χ0n) is 12.4. The highest BCUT2D eigenvalue weighted by molar-refractivity contribution is 5.79. The van der Waals surface area contributed by atoms with E-state index in [0.29, 0.717) is 19.1 Å². The first kappa shape index (κ1) is 19.0. The second-order valence-electron chi connectivity index (χ2n) is 4.44. The highest BCUT2D eigenvalue weighted by atomic mass is 19.4. The van der Waals surface area contributed by atoms with Crippen LogP contribution in [0.25, 0.3) is 0 Å².